The zero-order chi connectivity index (χ0) is 16.1. The molecule has 0 N–H and O–H groups in total. The molecule has 2 rings (SSSR count). The first kappa shape index (κ1) is 16.0. The number of esters is 1. The topological polar surface area (TPSA) is 72.9 Å². The van der Waals surface area contributed by atoms with Gasteiger partial charge in [0.1, 0.15) is 12.4 Å². The van der Waals surface area contributed by atoms with E-state index in [-0.39, 0.29) is 23.7 Å². The number of ether oxygens (including phenoxy) is 2. The van der Waals surface area contributed by atoms with E-state index >= 15 is 0 Å². The van der Waals surface area contributed by atoms with Crippen LogP contribution in [0.15, 0.2) is 24.3 Å². The second-order valence-corrected chi connectivity index (χ2v) is 4.64. The highest BCUT2D eigenvalue weighted by Gasteiger charge is 2.28. The fourth-order valence-electron chi connectivity index (χ4n) is 1.70. The molecule has 116 valence electrons. The molecule has 0 unspecified atom stereocenters. The lowest BCUT2D eigenvalue weighted by molar-refractivity contribution is -0.146. The SMILES string of the molecule is O=C(/C=C/c1c(F)cccc1Cl)OCC(=O)N1CCOC1=O. The van der Waals surface area contributed by atoms with E-state index in [2.05, 4.69) is 9.47 Å². The molecule has 2 amide bonds. The van der Waals surface area contributed by atoms with Gasteiger partial charge in [0.25, 0.3) is 5.91 Å². The lowest BCUT2D eigenvalue weighted by Crippen LogP contribution is -2.35. The number of rotatable bonds is 4. The van der Waals surface area contributed by atoms with E-state index in [1.165, 1.54) is 18.2 Å². The molecule has 6 nitrogen and oxygen atoms in total. The van der Waals surface area contributed by atoms with Crippen molar-refractivity contribution in [3.63, 3.8) is 0 Å². The van der Waals surface area contributed by atoms with Crippen LogP contribution in [0.25, 0.3) is 6.08 Å². The molecule has 1 aliphatic rings. The van der Waals surface area contributed by atoms with E-state index in [1.54, 1.807) is 0 Å². The molecule has 1 fully saturated rings. The number of halogens is 2. The van der Waals surface area contributed by atoms with E-state index < -0.39 is 30.4 Å². The second kappa shape index (κ2) is 7.04. The van der Waals surface area contributed by atoms with Crippen LogP contribution in [0.4, 0.5) is 9.18 Å². The Labute approximate surface area is 130 Å². The number of hydrogen-bond acceptors (Lipinski definition) is 5. The summed E-state index contributed by atoms with van der Waals surface area (Å²) in [4.78, 5) is 35.0. The lowest BCUT2D eigenvalue weighted by Gasteiger charge is -2.09. The van der Waals surface area contributed by atoms with E-state index in [4.69, 9.17) is 11.6 Å². The minimum absolute atomic E-state index is 0.0376. The second-order valence-electron chi connectivity index (χ2n) is 4.24. The van der Waals surface area contributed by atoms with Crippen molar-refractivity contribution in [2.24, 2.45) is 0 Å². The molecule has 0 atom stereocenters. The van der Waals surface area contributed by atoms with E-state index in [0.717, 1.165) is 17.1 Å². The average molecular weight is 328 g/mol. The molecule has 8 heteroatoms. The third-order valence-electron chi connectivity index (χ3n) is 2.79. The Morgan fingerprint density at radius 2 is 2.23 bits per heavy atom. The highest BCUT2D eigenvalue weighted by atomic mass is 35.5. The fourth-order valence-corrected chi connectivity index (χ4v) is 1.93. The summed E-state index contributed by atoms with van der Waals surface area (Å²) < 4.78 is 22.7. The summed E-state index contributed by atoms with van der Waals surface area (Å²) in [5, 5.41) is 0.139. The van der Waals surface area contributed by atoms with Gasteiger partial charge in [0.15, 0.2) is 6.61 Å². The van der Waals surface area contributed by atoms with Gasteiger partial charge < -0.3 is 9.47 Å². The average Bonchev–Trinajstić information content (AvgIpc) is 2.90. The number of amides is 2. The molecule has 1 aromatic rings. The van der Waals surface area contributed by atoms with Crippen molar-refractivity contribution in [2.75, 3.05) is 19.8 Å². The van der Waals surface area contributed by atoms with Gasteiger partial charge in [-0.25, -0.2) is 18.9 Å². The van der Waals surface area contributed by atoms with Crippen molar-refractivity contribution in [3.8, 4) is 0 Å². The first-order valence-corrected chi connectivity index (χ1v) is 6.63. The van der Waals surface area contributed by atoms with Gasteiger partial charge in [-0.05, 0) is 18.2 Å². The van der Waals surface area contributed by atoms with Crippen LogP contribution in [0, 0.1) is 5.82 Å². The minimum Gasteiger partial charge on any atom is -0.452 e. The van der Waals surface area contributed by atoms with Crippen LogP contribution in [-0.4, -0.2) is 42.6 Å². The van der Waals surface area contributed by atoms with Crippen molar-refractivity contribution >= 4 is 35.6 Å². The molecule has 1 heterocycles. The first-order chi connectivity index (χ1) is 10.5. The van der Waals surface area contributed by atoms with Crippen LogP contribution in [0.1, 0.15) is 5.56 Å². The van der Waals surface area contributed by atoms with E-state index in [1.807, 2.05) is 0 Å². The Hall–Kier alpha value is -2.41. The number of nitrogens with zero attached hydrogens (tertiary/aromatic N) is 1. The third-order valence-corrected chi connectivity index (χ3v) is 3.12. The number of benzene rings is 1. The summed E-state index contributed by atoms with van der Waals surface area (Å²) >= 11 is 5.79. The van der Waals surface area contributed by atoms with Crippen molar-refractivity contribution in [2.45, 2.75) is 0 Å². The predicted octanol–water partition coefficient (Wildman–Crippen LogP) is 2.01. The van der Waals surface area contributed by atoms with Crippen molar-refractivity contribution in [3.05, 3.63) is 40.7 Å². The molecule has 0 aliphatic carbocycles. The highest BCUT2D eigenvalue weighted by molar-refractivity contribution is 6.32. The molecule has 1 saturated heterocycles. The molecule has 22 heavy (non-hydrogen) atoms. The van der Waals surface area contributed by atoms with Gasteiger partial charge in [0, 0.05) is 11.6 Å². The molecule has 0 bridgehead atoms. The molecule has 1 aromatic carbocycles. The number of cyclic esters (lactones) is 1. The Morgan fingerprint density at radius 1 is 1.45 bits per heavy atom. The van der Waals surface area contributed by atoms with E-state index in [0.29, 0.717) is 0 Å². The predicted molar refractivity (Wildman–Crippen MR) is 74.5 cm³/mol. The zero-order valence-corrected chi connectivity index (χ0v) is 12.0. The number of hydrogen-bond donors (Lipinski definition) is 0. The monoisotopic (exact) mass is 327 g/mol. The fraction of sp³-hybridized carbons (Fsp3) is 0.214. The number of imide groups is 1. The summed E-state index contributed by atoms with van der Waals surface area (Å²) in [6.07, 6.45) is 1.32. The van der Waals surface area contributed by atoms with Gasteiger partial charge in [-0.2, -0.15) is 0 Å². The van der Waals surface area contributed by atoms with Gasteiger partial charge in [0.05, 0.1) is 11.6 Å². The number of carbonyl (C=O) groups excluding carboxylic acids is 3. The van der Waals surface area contributed by atoms with Gasteiger partial charge in [-0.1, -0.05) is 17.7 Å². The van der Waals surface area contributed by atoms with Crippen LogP contribution in [0.3, 0.4) is 0 Å². The van der Waals surface area contributed by atoms with Crippen molar-refractivity contribution in [1.82, 2.24) is 4.90 Å². The van der Waals surface area contributed by atoms with Gasteiger partial charge in [-0.15, -0.1) is 0 Å². The van der Waals surface area contributed by atoms with Crippen LogP contribution in [-0.2, 0) is 19.1 Å². The van der Waals surface area contributed by atoms with Crippen molar-refractivity contribution in [1.29, 1.82) is 0 Å². The quantitative estimate of drug-likeness (QED) is 0.625. The van der Waals surface area contributed by atoms with Crippen LogP contribution in [0.2, 0.25) is 5.02 Å². The number of carbonyl (C=O) groups is 3. The smallest absolute Gasteiger partial charge is 0.416 e. The van der Waals surface area contributed by atoms with Crippen LogP contribution < -0.4 is 0 Å². The summed E-state index contributed by atoms with van der Waals surface area (Å²) in [7, 11) is 0. The maximum absolute atomic E-state index is 13.5. The largest absolute Gasteiger partial charge is 0.452 e. The molecule has 0 saturated carbocycles. The Balaban J connectivity index is 1.89. The van der Waals surface area contributed by atoms with Gasteiger partial charge in [-0.3, -0.25) is 4.79 Å². The van der Waals surface area contributed by atoms with Crippen LogP contribution in [0.5, 0.6) is 0 Å². The minimum atomic E-state index is -0.861. The summed E-state index contributed by atoms with van der Waals surface area (Å²) in [5.41, 5.74) is 0.0376. The Bertz CT molecular complexity index is 626. The lowest BCUT2D eigenvalue weighted by atomic mass is 10.2. The molecular weight excluding hydrogens is 317 g/mol. The highest BCUT2D eigenvalue weighted by Crippen LogP contribution is 2.20. The molecule has 1 aliphatic heterocycles. The zero-order valence-electron chi connectivity index (χ0n) is 11.3. The normalized spacial score (nSPS) is 14.3. The van der Waals surface area contributed by atoms with Gasteiger partial charge >= 0.3 is 12.1 Å². The van der Waals surface area contributed by atoms with Crippen molar-refractivity contribution < 1.29 is 28.2 Å². The van der Waals surface area contributed by atoms with Crippen LogP contribution >= 0.6 is 11.6 Å². The third kappa shape index (κ3) is 3.82. The molecular formula is C14H11ClFNO5. The Kier molecular flexibility index (Phi) is 5.11. The maximum atomic E-state index is 13.5. The summed E-state index contributed by atoms with van der Waals surface area (Å²) in [6, 6.07) is 4.10. The Morgan fingerprint density at radius 3 is 2.86 bits per heavy atom. The summed E-state index contributed by atoms with van der Waals surface area (Å²) in [5.74, 6) is -2.14. The standard InChI is InChI=1S/C14H11ClFNO5/c15-10-2-1-3-11(16)9(10)4-5-13(19)22-8-12(18)17-6-7-21-14(17)20/h1-5H,6-8H2/b5-4+. The summed E-state index contributed by atoms with van der Waals surface area (Å²) in [6.45, 7) is -0.372. The van der Waals surface area contributed by atoms with E-state index in [9.17, 15) is 18.8 Å². The molecule has 0 radical (unpaired) electrons. The first-order valence-electron chi connectivity index (χ1n) is 6.25. The molecule has 0 spiro atoms. The maximum Gasteiger partial charge on any atom is 0.416 e. The van der Waals surface area contributed by atoms with Gasteiger partial charge in [0.2, 0.25) is 0 Å². The molecule has 0 aromatic heterocycles.